The molecule has 24 heavy (non-hydrogen) atoms. The lowest BCUT2D eigenvalue weighted by molar-refractivity contribution is 0.0450. The lowest BCUT2D eigenvalue weighted by Gasteiger charge is -2.38. The number of aliphatic hydroxyl groups excluding tert-OH is 1. The second kappa shape index (κ2) is 9.11. The van der Waals surface area contributed by atoms with E-state index in [1.54, 1.807) is 24.1 Å². The third-order valence-electron chi connectivity index (χ3n) is 4.49. The van der Waals surface area contributed by atoms with Crippen molar-refractivity contribution in [3.63, 3.8) is 0 Å². The van der Waals surface area contributed by atoms with Crippen LogP contribution in [0.4, 0.5) is 4.39 Å². The van der Waals surface area contributed by atoms with E-state index in [-0.39, 0.29) is 24.3 Å². The number of nitrogens with zero attached hydrogens (tertiary/aromatic N) is 2. The first-order chi connectivity index (χ1) is 11.5. The largest absolute Gasteiger partial charge is 0.396 e. The van der Waals surface area contributed by atoms with Gasteiger partial charge < -0.3 is 19.6 Å². The van der Waals surface area contributed by atoms with Crippen LogP contribution in [-0.4, -0.2) is 74.4 Å². The predicted octanol–water partition coefficient (Wildman–Crippen LogP) is 1.47. The van der Waals surface area contributed by atoms with Gasteiger partial charge in [-0.2, -0.15) is 0 Å². The summed E-state index contributed by atoms with van der Waals surface area (Å²) in [7, 11) is 3.70. The van der Waals surface area contributed by atoms with Crippen LogP contribution in [0.3, 0.4) is 0 Å². The number of likely N-dealkylation sites (tertiary alicyclic amines) is 1. The number of amides is 1. The fourth-order valence-electron chi connectivity index (χ4n) is 3.33. The number of aliphatic hydroxyl groups is 1. The number of piperidine rings is 1. The molecule has 1 aliphatic heterocycles. The molecular formula is C18H27FN2O3. The summed E-state index contributed by atoms with van der Waals surface area (Å²) < 4.78 is 18.5. The van der Waals surface area contributed by atoms with E-state index < -0.39 is 5.82 Å². The van der Waals surface area contributed by atoms with Crippen LogP contribution in [-0.2, 0) is 4.74 Å². The zero-order valence-corrected chi connectivity index (χ0v) is 14.4. The maximum absolute atomic E-state index is 13.4. The molecule has 1 N–H and O–H groups in total. The summed E-state index contributed by atoms with van der Waals surface area (Å²) in [6.07, 6.45) is 0.890. The highest BCUT2D eigenvalue weighted by Crippen LogP contribution is 2.24. The lowest BCUT2D eigenvalue weighted by atomic mass is 9.89. The van der Waals surface area contributed by atoms with Crippen molar-refractivity contribution in [1.29, 1.82) is 0 Å². The van der Waals surface area contributed by atoms with Gasteiger partial charge in [-0.25, -0.2) is 4.39 Å². The van der Waals surface area contributed by atoms with E-state index in [0.29, 0.717) is 25.3 Å². The van der Waals surface area contributed by atoms with Gasteiger partial charge in [-0.3, -0.25) is 4.79 Å². The number of benzene rings is 1. The van der Waals surface area contributed by atoms with E-state index in [2.05, 4.69) is 4.90 Å². The molecule has 0 aromatic heterocycles. The molecule has 2 atom stereocenters. The maximum atomic E-state index is 13.4. The molecule has 1 aromatic rings. The first-order valence-corrected chi connectivity index (χ1v) is 8.36. The Balaban J connectivity index is 2.02. The van der Waals surface area contributed by atoms with Gasteiger partial charge in [0.15, 0.2) is 0 Å². The van der Waals surface area contributed by atoms with Crippen LogP contribution in [0.2, 0.25) is 0 Å². The molecule has 2 rings (SSSR count). The number of hydrogen-bond donors (Lipinski definition) is 1. The number of rotatable bonds is 7. The Morgan fingerprint density at radius 1 is 1.42 bits per heavy atom. The first kappa shape index (κ1) is 18.8. The molecule has 0 spiro atoms. The van der Waals surface area contributed by atoms with Crippen molar-refractivity contribution in [3.8, 4) is 0 Å². The Bertz CT molecular complexity index is 541. The zero-order valence-electron chi connectivity index (χ0n) is 14.4. The summed E-state index contributed by atoms with van der Waals surface area (Å²) >= 11 is 0. The Morgan fingerprint density at radius 3 is 2.83 bits per heavy atom. The van der Waals surface area contributed by atoms with Crippen LogP contribution in [0, 0.1) is 17.7 Å². The van der Waals surface area contributed by atoms with Crippen molar-refractivity contribution >= 4 is 5.91 Å². The molecule has 2 unspecified atom stereocenters. The standard InChI is InChI=1S/C18H27FN2O3/c1-20(6-7-24-2)10-14-8-15(13-22)12-21(11-14)18(23)16-4-3-5-17(19)9-16/h3-5,9,14-15,22H,6-8,10-13H2,1-2H3. The third-order valence-corrected chi connectivity index (χ3v) is 4.49. The first-order valence-electron chi connectivity index (χ1n) is 8.36. The molecule has 1 heterocycles. The van der Waals surface area contributed by atoms with Gasteiger partial charge in [0.25, 0.3) is 5.91 Å². The predicted molar refractivity (Wildman–Crippen MR) is 90.4 cm³/mol. The van der Waals surface area contributed by atoms with Gasteiger partial charge in [-0.1, -0.05) is 6.07 Å². The van der Waals surface area contributed by atoms with Gasteiger partial charge >= 0.3 is 0 Å². The number of hydrogen-bond acceptors (Lipinski definition) is 4. The van der Waals surface area contributed by atoms with E-state index in [4.69, 9.17) is 4.74 Å². The molecule has 0 saturated carbocycles. The van der Waals surface area contributed by atoms with Crippen molar-refractivity contribution in [1.82, 2.24) is 9.80 Å². The van der Waals surface area contributed by atoms with Crippen molar-refractivity contribution in [2.24, 2.45) is 11.8 Å². The second-order valence-electron chi connectivity index (χ2n) is 6.63. The monoisotopic (exact) mass is 338 g/mol. The Kier molecular flexibility index (Phi) is 7.15. The average Bonchev–Trinajstić information content (AvgIpc) is 2.58. The summed E-state index contributed by atoms with van der Waals surface area (Å²) in [6.45, 7) is 3.54. The van der Waals surface area contributed by atoms with E-state index >= 15 is 0 Å². The highest BCUT2D eigenvalue weighted by atomic mass is 19.1. The van der Waals surface area contributed by atoms with Crippen molar-refractivity contribution in [2.45, 2.75) is 6.42 Å². The summed E-state index contributed by atoms with van der Waals surface area (Å²) in [4.78, 5) is 16.6. The van der Waals surface area contributed by atoms with Crippen LogP contribution >= 0.6 is 0 Å². The summed E-state index contributed by atoms with van der Waals surface area (Å²) in [5, 5.41) is 9.57. The highest BCUT2D eigenvalue weighted by Gasteiger charge is 2.30. The van der Waals surface area contributed by atoms with Gasteiger partial charge in [-0.15, -0.1) is 0 Å². The minimum atomic E-state index is -0.410. The van der Waals surface area contributed by atoms with Crippen LogP contribution in [0.15, 0.2) is 24.3 Å². The number of methoxy groups -OCH3 is 1. The fourth-order valence-corrected chi connectivity index (χ4v) is 3.33. The lowest BCUT2D eigenvalue weighted by Crippen LogP contribution is -2.47. The van der Waals surface area contributed by atoms with Gasteiger partial charge in [0, 0.05) is 45.5 Å². The number of ether oxygens (including phenoxy) is 1. The second-order valence-corrected chi connectivity index (χ2v) is 6.63. The molecule has 134 valence electrons. The van der Waals surface area contributed by atoms with Crippen LogP contribution in [0.5, 0.6) is 0 Å². The van der Waals surface area contributed by atoms with E-state index in [1.807, 2.05) is 7.05 Å². The summed E-state index contributed by atoms with van der Waals surface area (Å²) in [5.41, 5.74) is 0.361. The molecular weight excluding hydrogens is 311 g/mol. The highest BCUT2D eigenvalue weighted by molar-refractivity contribution is 5.94. The molecule has 5 nitrogen and oxygen atoms in total. The van der Waals surface area contributed by atoms with Crippen molar-refractivity contribution < 1.29 is 19.0 Å². The molecule has 1 fully saturated rings. The molecule has 1 saturated heterocycles. The summed E-state index contributed by atoms with van der Waals surface area (Å²) in [6, 6.07) is 5.78. The zero-order chi connectivity index (χ0) is 17.5. The topological polar surface area (TPSA) is 53.0 Å². The van der Waals surface area contributed by atoms with E-state index in [9.17, 15) is 14.3 Å². The quantitative estimate of drug-likeness (QED) is 0.818. The third kappa shape index (κ3) is 5.26. The molecule has 0 bridgehead atoms. The van der Waals surface area contributed by atoms with Gasteiger partial charge in [0.1, 0.15) is 5.82 Å². The number of carbonyl (C=O) groups is 1. The minimum absolute atomic E-state index is 0.0607. The van der Waals surface area contributed by atoms with Crippen molar-refractivity contribution in [3.05, 3.63) is 35.6 Å². The molecule has 0 aliphatic carbocycles. The number of carbonyl (C=O) groups excluding carboxylic acids is 1. The molecule has 1 aromatic carbocycles. The van der Waals surface area contributed by atoms with Crippen LogP contribution < -0.4 is 0 Å². The van der Waals surface area contributed by atoms with Gasteiger partial charge in [0.2, 0.25) is 0 Å². The van der Waals surface area contributed by atoms with Gasteiger partial charge in [0.05, 0.1) is 6.61 Å². The Labute approximate surface area is 143 Å². The minimum Gasteiger partial charge on any atom is -0.396 e. The number of halogens is 1. The maximum Gasteiger partial charge on any atom is 0.253 e. The fraction of sp³-hybridized carbons (Fsp3) is 0.611. The molecule has 1 amide bonds. The average molecular weight is 338 g/mol. The SMILES string of the molecule is COCCN(C)CC1CC(CO)CN(C(=O)c2cccc(F)c2)C1. The van der Waals surface area contributed by atoms with Gasteiger partial charge in [-0.05, 0) is 43.5 Å². The smallest absolute Gasteiger partial charge is 0.253 e. The molecule has 0 radical (unpaired) electrons. The normalized spacial score (nSPS) is 21.3. The van der Waals surface area contributed by atoms with E-state index in [0.717, 1.165) is 19.5 Å². The Morgan fingerprint density at radius 2 is 2.17 bits per heavy atom. The summed E-state index contributed by atoms with van der Waals surface area (Å²) in [5.74, 6) is -0.225. The Hall–Kier alpha value is -1.50. The molecule has 6 heteroatoms. The van der Waals surface area contributed by atoms with Crippen LogP contribution in [0.25, 0.3) is 0 Å². The van der Waals surface area contributed by atoms with Crippen molar-refractivity contribution in [2.75, 3.05) is 53.6 Å². The molecule has 1 aliphatic rings. The van der Waals surface area contributed by atoms with E-state index in [1.165, 1.54) is 12.1 Å². The number of likely N-dealkylation sites (N-methyl/N-ethyl adjacent to an activating group) is 1. The van der Waals surface area contributed by atoms with Crippen LogP contribution in [0.1, 0.15) is 16.8 Å².